The second-order valence-corrected chi connectivity index (χ2v) is 7.65. The molecule has 1 aliphatic rings. The standard InChI is InChI=1S/C13H20BrNS/c1-9-3-2-4-10(7-9)12(15)8-11-5-6-13(14)16-11/h5-6,9-10,12H,2-4,7-8,15H2,1H3. The van der Waals surface area contributed by atoms with Crippen molar-refractivity contribution in [2.75, 3.05) is 0 Å². The molecule has 90 valence electrons. The number of halogens is 1. The average molecular weight is 302 g/mol. The molecular weight excluding hydrogens is 282 g/mol. The molecule has 3 heteroatoms. The Labute approximate surface area is 111 Å². The van der Waals surface area contributed by atoms with Crippen LogP contribution in [0.5, 0.6) is 0 Å². The fraction of sp³-hybridized carbons (Fsp3) is 0.692. The van der Waals surface area contributed by atoms with Crippen LogP contribution in [-0.2, 0) is 6.42 Å². The van der Waals surface area contributed by atoms with Gasteiger partial charge in [0.2, 0.25) is 0 Å². The molecule has 1 aromatic heterocycles. The topological polar surface area (TPSA) is 26.0 Å². The van der Waals surface area contributed by atoms with Crippen LogP contribution in [-0.4, -0.2) is 6.04 Å². The van der Waals surface area contributed by atoms with Gasteiger partial charge in [0, 0.05) is 10.9 Å². The summed E-state index contributed by atoms with van der Waals surface area (Å²) in [7, 11) is 0. The summed E-state index contributed by atoms with van der Waals surface area (Å²) in [5.74, 6) is 1.62. The quantitative estimate of drug-likeness (QED) is 0.889. The molecule has 16 heavy (non-hydrogen) atoms. The van der Waals surface area contributed by atoms with Crippen molar-refractivity contribution < 1.29 is 0 Å². The Morgan fingerprint density at radius 2 is 2.31 bits per heavy atom. The molecule has 0 bridgehead atoms. The molecule has 1 nitrogen and oxygen atoms in total. The van der Waals surface area contributed by atoms with Gasteiger partial charge in [-0.3, -0.25) is 0 Å². The van der Waals surface area contributed by atoms with Crippen LogP contribution < -0.4 is 5.73 Å². The lowest BCUT2D eigenvalue weighted by Gasteiger charge is -2.31. The van der Waals surface area contributed by atoms with Crippen molar-refractivity contribution >= 4 is 27.3 Å². The van der Waals surface area contributed by atoms with Crippen LogP contribution in [0.4, 0.5) is 0 Å². The molecule has 1 aliphatic carbocycles. The van der Waals surface area contributed by atoms with E-state index in [1.165, 1.54) is 34.3 Å². The van der Waals surface area contributed by atoms with E-state index in [1.54, 1.807) is 0 Å². The van der Waals surface area contributed by atoms with Crippen LogP contribution in [0, 0.1) is 11.8 Å². The first kappa shape index (κ1) is 12.6. The van der Waals surface area contributed by atoms with Gasteiger partial charge in [0.1, 0.15) is 0 Å². The third-order valence-electron chi connectivity index (χ3n) is 3.65. The molecule has 1 fully saturated rings. The van der Waals surface area contributed by atoms with E-state index in [-0.39, 0.29) is 0 Å². The molecule has 0 spiro atoms. The van der Waals surface area contributed by atoms with E-state index < -0.39 is 0 Å². The minimum absolute atomic E-state index is 0.355. The van der Waals surface area contributed by atoms with Crippen LogP contribution >= 0.6 is 27.3 Å². The Kier molecular flexibility index (Phi) is 4.45. The molecule has 1 heterocycles. The van der Waals surface area contributed by atoms with E-state index in [9.17, 15) is 0 Å². The summed E-state index contributed by atoms with van der Waals surface area (Å²) in [5.41, 5.74) is 6.34. The van der Waals surface area contributed by atoms with Crippen molar-refractivity contribution in [3.63, 3.8) is 0 Å². The van der Waals surface area contributed by atoms with Gasteiger partial charge in [0.05, 0.1) is 3.79 Å². The number of thiophene rings is 1. The maximum Gasteiger partial charge on any atom is 0.0701 e. The summed E-state index contributed by atoms with van der Waals surface area (Å²) in [5, 5.41) is 0. The van der Waals surface area contributed by atoms with Gasteiger partial charge < -0.3 is 5.73 Å². The van der Waals surface area contributed by atoms with Gasteiger partial charge >= 0.3 is 0 Å². The van der Waals surface area contributed by atoms with E-state index >= 15 is 0 Å². The first-order valence-electron chi connectivity index (χ1n) is 6.15. The zero-order chi connectivity index (χ0) is 11.5. The number of nitrogens with two attached hydrogens (primary N) is 1. The van der Waals surface area contributed by atoms with Crippen molar-refractivity contribution in [3.05, 3.63) is 20.8 Å². The largest absolute Gasteiger partial charge is 0.327 e. The minimum Gasteiger partial charge on any atom is -0.327 e. The average Bonchev–Trinajstić information content (AvgIpc) is 2.64. The van der Waals surface area contributed by atoms with Gasteiger partial charge in [0.25, 0.3) is 0 Å². The summed E-state index contributed by atoms with van der Waals surface area (Å²) in [6.07, 6.45) is 6.47. The number of hydrogen-bond donors (Lipinski definition) is 1. The summed E-state index contributed by atoms with van der Waals surface area (Å²) >= 11 is 5.32. The van der Waals surface area contributed by atoms with E-state index in [4.69, 9.17) is 5.73 Å². The molecule has 3 atom stereocenters. The van der Waals surface area contributed by atoms with Gasteiger partial charge in [-0.2, -0.15) is 0 Å². The molecule has 0 radical (unpaired) electrons. The highest BCUT2D eigenvalue weighted by Gasteiger charge is 2.24. The third-order valence-corrected chi connectivity index (χ3v) is 5.29. The molecule has 0 aliphatic heterocycles. The molecule has 0 amide bonds. The van der Waals surface area contributed by atoms with Crippen LogP contribution in [0.25, 0.3) is 0 Å². The highest BCUT2D eigenvalue weighted by molar-refractivity contribution is 9.11. The molecule has 2 rings (SSSR count). The van der Waals surface area contributed by atoms with Crippen LogP contribution in [0.3, 0.4) is 0 Å². The highest BCUT2D eigenvalue weighted by Crippen LogP contribution is 2.32. The second-order valence-electron chi connectivity index (χ2n) is 5.11. The van der Waals surface area contributed by atoms with E-state index in [1.807, 2.05) is 11.3 Å². The van der Waals surface area contributed by atoms with Gasteiger partial charge in [0.15, 0.2) is 0 Å². The predicted molar refractivity (Wildman–Crippen MR) is 74.8 cm³/mol. The molecule has 3 unspecified atom stereocenters. The number of hydrogen-bond acceptors (Lipinski definition) is 2. The third kappa shape index (κ3) is 3.31. The van der Waals surface area contributed by atoms with Crippen molar-refractivity contribution in [2.24, 2.45) is 17.6 Å². The SMILES string of the molecule is CC1CCCC(C(N)Cc2ccc(Br)s2)C1. The zero-order valence-corrected chi connectivity index (χ0v) is 12.2. The monoisotopic (exact) mass is 301 g/mol. The molecule has 0 saturated heterocycles. The van der Waals surface area contributed by atoms with E-state index in [0.717, 1.165) is 18.3 Å². The lowest BCUT2D eigenvalue weighted by Crippen LogP contribution is -2.34. The molecular formula is C13H20BrNS. The normalized spacial score (nSPS) is 27.9. The van der Waals surface area contributed by atoms with Gasteiger partial charge in [-0.05, 0) is 59.2 Å². The molecule has 1 saturated carbocycles. The molecule has 2 N–H and O–H groups in total. The van der Waals surface area contributed by atoms with Gasteiger partial charge in [-0.25, -0.2) is 0 Å². The zero-order valence-electron chi connectivity index (χ0n) is 9.79. The van der Waals surface area contributed by atoms with Crippen LogP contribution in [0.2, 0.25) is 0 Å². The summed E-state index contributed by atoms with van der Waals surface area (Å²) in [4.78, 5) is 1.41. The van der Waals surface area contributed by atoms with Crippen molar-refractivity contribution in [1.82, 2.24) is 0 Å². The Hall–Kier alpha value is 0.140. The van der Waals surface area contributed by atoms with Crippen LogP contribution in [0.1, 0.15) is 37.5 Å². The minimum atomic E-state index is 0.355. The Balaban J connectivity index is 1.89. The summed E-state index contributed by atoms with van der Waals surface area (Å²) < 4.78 is 1.21. The Bertz CT molecular complexity index is 336. The first-order valence-corrected chi connectivity index (χ1v) is 7.76. The fourth-order valence-corrected chi connectivity index (χ4v) is 4.28. The molecule has 0 aromatic carbocycles. The lowest BCUT2D eigenvalue weighted by molar-refractivity contribution is 0.246. The maximum atomic E-state index is 6.34. The Morgan fingerprint density at radius 3 is 2.94 bits per heavy atom. The smallest absolute Gasteiger partial charge is 0.0701 e. The van der Waals surface area contributed by atoms with E-state index in [0.29, 0.717) is 6.04 Å². The highest BCUT2D eigenvalue weighted by atomic mass is 79.9. The van der Waals surface area contributed by atoms with Crippen molar-refractivity contribution in [1.29, 1.82) is 0 Å². The summed E-state index contributed by atoms with van der Waals surface area (Å²) in [6.45, 7) is 2.36. The van der Waals surface area contributed by atoms with E-state index in [2.05, 4.69) is 35.0 Å². The lowest BCUT2D eigenvalue weighted by atomic mass is 9.78. The predicted octanol–water partition coefficient (Wildman–Crippen LogP) is 4.21. The fourth-order valence-electron chi connectivity index (χ4n) is 2.73. The Morgan fingerprint density at radius 1 is 1.50 bits per heavy atom. The van der Waals surface area contributed by atoms with Crippen LogP contribution in [0.15, 0.2) is 15.9 Å². The van der Waals surface area contributed by atoms with Crippen molar-refractivity contribution in [3.8, 4) is 0 Å². The molecule has 1 aromatic rings. The van der Waals surface area contributed by atoms with Crippen molar-refractivity contribution in [2.45, 2.75) is 45.1 Å². The second kappa shape index (κ2) is 5.65. The first-order chi connectivity index (χ1) is 7.65. The maximum absolute atomic E-state index is 6.34. The van der Waals surface area contributed by atoms with Gasteiger partial charge in [-0.15, -0.1) is 11.3 Å². The number of rotatable bonds is 3. The van der Waals surface area contributed by atoms with Gasteiger partial charge in [-0.1, -0.05) is 19.8 Å². The summed E-state index contributed by atoms with van der Waals surface area (Å²) in [6, 6.07) is 4.67.